The molecule has 1 fully saturated rings. The van der Waals surface area contributed by atoms with Crippen LogP contribution in [0.2, 0.25) is 0 Å². The lowest BCUT2D eigenvalue weighted by atomic mass is 10.00. The second-order valence-corrected chi connectivity index (χ2v) is 10.6. The van der Waals surface area contributed by atoms with Gasteiger partial charge in [0.2, 0.25) is 0 Å². The molecule has 0 saturated heterocycles. The Labute approximate surface area is 191 Å². The van der Waals surface area contributed by atoms with Crippen LogP contribution in [0.5, 0.6) is 5.75 Å². The van der Waals surface area contributed by atoms with Gasteiger partial charge in [0, 0.05) is 43.1 Å². The summed E-state index contributed by atoms with van der Waals surface area (Å²) >= 11 is 0. The normalized spacial score (nSPS) is 14.0. The van der Waals surface area contributed by atoms with Crippen molar-refractivity contribution in [2.24, 2.45) is 20.0 Å². The van der Waals surface area contributed by atoms with Gasteiger partial charge in [0.25, 0.3) is 5.56 Å². The van der Waals surface area contributed by atoms with Crippen LogP contribution in [0.25, 0.3) is 33.2 Å². The summed E-state index contributed by atoms with van der Waals surface area (Å²) < 4.78 is 33.7. The Bertz CT molecular complexity index is 1550. The van der Waals surface area contributed by atoms with Gasteiger partial charge in [0.15, 0.2) is 9.84 Å². The van der Waals surface area contributed by atoms with Crippen LogP contribution >= 0.6 is 0 Å². The van der Waals surface area contributed by atoms with E-state index in [-0.39, 0.29) is 10.5 Å². The number of aryl methyl sites for hydroxylation is 2. The summed E-state index contributed by atoms with van der Waals surface area (Å²) in [6, 6.07) is 10.4. The molecule has 0 unspecified atom stereocenters. The van der Waals surface area contributed by atoms with E-state index in [4.69, 9.17) is 4.74 Å². The van der Waals surface area contributed by atoms with Crippen LogP contribution < -0.4 is 10.3 Å². The molecule has 5 rings (SSSR count). The van der Waals surface area contributed by atoms with Crippen molar-refractivity contribution in [1.82, 2.24) is 19.6 Å². The van der Waals surface area contributed by atoms with E-state index in [0.29, 0.717) is 40.3 Å². The summed E-state index contributed by atoms with van der Waals surface area (Å²) in [4.78, 5) is 13.0. The van der Waals surface area contributed by atoms with Crippen molar-refractivity contribution < 1.29 is 13.2 Å². The van der Waals surface area contributed by atoms with Gasteiger partial charge in [0.1, 0.15) is 11.4 Å². The highest BCUT2D eigenvalue weighted by Crippen LogP contribution is 2.37. The fraction of sp³-hybridized carbons (Fsp3) is 0.292. The zero-order valence-corrected chi connectivity index (χ0v) is 19.5. The number of rotatable bonds is 6. The molecule has 2 aromatic carbocycles. The lowest BCUT2D eigenvalue weighted by Crippen LogP contribution is -2.20. The van der Waals surface area contributed by atoms with Crippen LogP contribution in [0.4, 0.5) is 0 Å². The first-order valence-electron chi connectivity index (χ1n) is 10.7. The van der Waals surface area contributed by atoms with Crippen LogP contribution in [0, 0.1) is 5.92 Å². The van der Waals surface area contributed by atoms with E-state index in [2.05, 4.69) is 10.2 Å². The van der Waals surface area contributed by atoms with Crippen LogP contribution in [0.3, 0.4) is 0 Å². The minimum atomic E-state index is -3.45. The first-order chi connectivity index (χ1) is 15.7. The minimum absolute atomic E-state index is 0.170. The zero-order valence-electron chi connectivity index (χ0n) is 18.6. The minimum Gasteiger partial charge on any atom is -0.493 e. The maximum absolute atomic E-state index is 12.9. The van der Waals surface area contributed by atoms with Gasteiger partial charge in [0.05, 0.1) is 23.1 Å². The predicted molar refractivity (Wildman–Crippen MR) is 126 cm³/mol. The molecule has 8 nitrogen and oxygen atoms in total. The Morgan fingerprint density at radius 1 is 1.06 bits per heavy atom. The van der Waals surface area contributed by atoms with E-state index in [9.17, 15) is 13.2 Å². The summed E-state index contributed by atoms with van der Waals surface area (Å²) in [6.07, 6.45) is 7.08. The van der Waals surface area contributed by atoms with Crippen molar-refractivity contribution in [3.8, 4) is 28.1 Å². The highest BCUT2D eigenvalue weighted by molar-refractivity contribution is 7.90. The highest BCUT2D eigenvalue weighted by Gasteiger charge is 2.24. The van der Waals surface area contributed by atoms with Crippen molar-refractivity contribution in [1.29, 1.82) is 0 Å². The maximum atomic E-state index is 12.9. The van der Waals surface area contributed by atoms with E-state index >= 15 is 0 Å². The van der Waals surface area contributed by atoms with E-state index in [0.717, 1.165) is 24.0 Å². The first-order valence-corrected chi connectivity index (χ1v) is 12.6. The molecule has 4 aromatic rings. The van der Waals surface area contributed by atoms with E-state index < -0.39 is 9.84 Å². The molecule has 2 aromatic heterocycles. The fourth-order valence-corrected chi connectivity index (χ4v) is 4.49. The van der Waals surface area contributed by atoms with Crippen LogP contribution in [-0.4, -0.2) is 40.8 Å². The maximum Gasteiger partial charge on any atom is 0.274 e. The number of fused-ring (bicyclic) bond motifs is 1. The van der Waals surface area contributed by atoms with E-state index in [1.54, 1.807) is 42.2 Å². The number of ether oxygens (including phenoxy) is 1. The summed E-state index contributed by atoms with van der Waals surface area (Å²) in [5.41, 5.74) is 2.59. The summed E-state index contributed by atoms with van der Waals surface area (Å²) in [6.45, 7) is 0.565. The predicted octanol–water partition coefficient (Wildman–Crippen LogP) is 3.19. The van der Waals surface area contributed by atoms with Gasteiger partial charge in [-0.3, -0.25) is 9.48 Å². The lowest BCUT2D eigenvalue weighted by molar-refractivity contribution is 0.300. The van der Waals surface area contributed by atoms with Gasteiger partial charge in [-0.25, -0.2) is 13.1 Å². The monoisotopic (exact) mass is 464 g/mol. The van der Waals surface area contributed by atoms with Crippen molar-refractivity contribution >= 4 is 20.6 Å². The molecule has 1 aliphatic carbocycles. The molecule has 9 heteroatoms. The third-order valence-electron chi connectivity index (χ3n) is 5.89. The number of benzene rings is 2. The quantitative estimate of drug-likeness (QED) is 0.435. The smallest absolute Gasteiger partial charge is 0.274 e. The largest absolute Gasteiger partial charge is 0.493 e. The average molecular weight is 465 g/mol. The molecule has 170 valence electrons. The van der Waals surface area contributed by atoms with Gasteiger partial charge in [-0.15, -0.1) is 0 Å². The van der Waals surface area contributed by atoms with Gasteiger partial charge < -0.3 is 4.74 Å². The second-order valence-electron chi connectivity index (χ2n) is 8.62. The van der Waals surface area contributed by atoms with E-state index in [1.165, 1.54) is 10.9 Å². The second kappa shape index (κ2) is 7.84. The third-order valence-corrected chi connectivity index (χ3v) is 7.00. The third kappa shape index (κ3) is 4.16. The Kier molecular flexibility index (Phi) is 5.08. The highest BCUT2D eigenvalue weighted by atomic mass is 32.2. The fourth-order valence-electron chi connectivity index (χ4n) is 3.84. The zero-order chi connectivity index (χ0) is 23.3. The molecule has 0 spiro atoms. The summed E-state index contributed by atoms with van der Waals surface area (Å²) in [5.74, 6) is 1.07. The molecule has 1 saturated carbocycles. The average Bonchev–Trinajstić information content (AvgIpc) is 3.52. The lowest BCUT2D eigenvalue weighted by Gasteiger charge is -2.15. The van der Waals surface area contributed by atoms with Gasteiger partial charge in [-0.1, -0.05) is 6.07 Å². The number of nitrogens with zero attached hydrogens (tertiary/aromatic N) is 4. The number of aromatic nitrogens is 4. The molecular weight excluding hydrogens is 440 g/mol. The Morgan fingerprint density at radius 3 is 2.52 bits per heavy atom. The van der Waals surface area contributed by atoms with Crippen molar-refractivity contribution in [2.75, 3.05) is 12.9 Å². The molecule has 0 bridgehead atoms. The molecule has 1 aliphatic rings. The molecule has 33 heavy (non-hydrogen) atoms. The number of hydrogen-bond acceptors (Lipinski definition) is 6. The van der Waals surface area contributed by atoms with Crippen LogP contribution in [0.15, 0.2) is 58.5 Å². The van der Waals surface area contributed by atoms with Crippen molar-refractivity contribution in [2.45, 2.75) is 17.7 Å². The standard InChI is InChI=1S/C24H24N4O4S/c1-27-13-17(12-25-27)16-6-8-19-20(10-16)23(26-28(2)24(19)29)21-11-18(33(3,30)31)7-9-22(21)32-14-15-4-5-15/h6-13,15H,4-5,14H2,1-3H3. The van der Waals surface area contributed by atoms with E-state index in [1.807, 2.05) is 25.4 Å². The molecular formula is C24H24N4O4S. The van der Waals surface area contributed by atoms with Crippen molar-refractivity contribution in [3.05, 3.63) is 59.1 Å². The molecule has 0 amide bonds. The summed E-state index contributed by atoms with van der Waals surface area (Å²) in [5, 5.41) is 9.90. The Morgan fingerprint density at radius 2 is 1.85 bits per heavy atom. The molecule has 0 atom stereocenters. The van der Waals surface area contributed by atoms with Crippen molar-refractivity contribution in [3.63, 3.8) is 0 Å². The molecule has 0 aliphatic heterocycles. The number of hydrogen-bond donors (Lipinski definition) is 0. The van der Waals surface area contributed by atoms with Gasteiger partial charge in [-0.05, 0) is 54.7 Å². The molecule has 2 heterocycles. The topological polar surface area (TPSA) is 96.1 Å². The Balaban J connectivity index is 1.77. The molecule has 0 radical (unpaired) electrons. The Hall–Kier alpha value is -3.46. The molecule has 0 N–H and O–H groups in total. The van der Waals surface area contributed by atoms with Gasteiger partial charge in [-0.2, -0.15) is 10.2 Å². The van der Waals surface area contributed by atoms with Crippen LogP contribution in [-0.2, 0) is 23.9 Å². The first kappa shape index (κ1) is 21.4. The summed E-state index contributed by atoms with van der Waals surface area (Å²) in [7, 11) is -0.0224. The SMILES string of the molecule is Cn1cc(-c2ccc3c(=O)n(C)nc(-c4cc(S(C)(=O)=O)ccc4OCC4CC4)c3c2)cn1. The van der Waals surface area contributed by atoms with Crippen LogP contribution in [0.1, 0.15) is 12.8 Å². The van der Waals surface area contributed by atoms with Gasteiger partial charge >= 0.3 is 0 Å². The number of sulfone groups is 1.